The molecular weight excluding hydrogens is 363 g/mol. The summed E-state index contributed by atoms with van der Waals surface area (Å²) in [6, 6.07) is 3.50. The number of oxazole rings is 1. The lowest BCUT2D eigenvalue weighted by molar-refractivity contribution is -0.839. The normalized spacial score (nSPS) is 18.0. The lowest BCUT2D eigenvalue weighted by Gasteiger charge is -2.39. The van der Waals surface area contributed by atoms with Crippen molar-refractivity contribution >= 4 is 23.2 Å². The maximum atomic E-state index is 12.8. The van der Waals surface area contributed by atoms with Crippen molar-refractivity contribution in [1.82, 2.24) is 4.98 Å². The number of halogens is 3. The van der Waals surface area contributed by atoms with E-state index in [2.05, 4.69) is 4.98 Å². The van der Waals surface area contributed by atoms with Gasteiger partial charge in [-0.3, -0.25) is 0 Å². The van der Waals surface area contributed by atoms with E-state index in [1.54, 1.807) is 0 Å². The zero-order valence-corrected chi connectivity index (χ0v) is 15.8. The zero-order chi connectivity index (χ0) is 20.0. The van der Waals surface area contributed by atoms with Gasteiger partial charge in [-0.2, -0.15) is 22.9 Å². The van der Waals surface area contributed by atoms with Crippen LogP contribution in [-0.4, -0.2) is 54.4 Å². The highest BCUT2D eigenvalue weighted by atomic mass is 19.4. The van der Waals surface area contributed by atoms with Gasteiger partial charge in [0.15, 0.2) is 5.58 Å². The van der Waals surface area contributed by atoms with Crippen molar-refractivity contribution < 1.29 is 31.6 Å². The molecule has 1 fully saturated rings. The first-order valence-electron chi connectivity index (χ1n) is 8.68. The molecule has 0 N–H and O–H groups in total. The predicted molar refractivity (Wildman–Crippen MR) is 93.4 cm³/mol. The topological polar surface area (TPSA) is 55.6 Å². The number of piperazine rings is 1. The lowest BCUT2D eigenvalue weighted by atomic mass is 10.2. The summed E-state index contributed by atoms with van der Waals surface area (Å²) >= 11 is 0. The van der Waals surface area contributed by atoms with E-state index in [0.717, 1.165) is 12.1 Å². The van der Waals surface area contributed by atoms with Crippen molar-refractivity contribution in [3.05, 3.63) is 23.8 Å². The van der Waals surface area contributed by atoms with E-state index in [1.807, 2.05) is 32.7 Å². The van der Waals surface area contributed by atoms with Crippen LogP contribution in [0.15, 0.2) is 22.6 Å². The van der Waals surface area contributed by atoms with Gasteiger partial charge in [0.2, 0.25) is 0 Å². The summed E-state index contributed by atoms with van der Waals surface area (Å²) in [5.74, 6) is 0. The Balaban J connectivity index is 1.73. The number of aromatic nitrogens is 1. The third-order valence-corrected chi connectivity index (χ3v) is 4.54. The fourth-order valence-electron chi connectivity index (χ4n) is 2.88. The fourth-order valence-corrected chi connectivity index (χ4v) is 2.88. The number of amides is 1. The molecule has 6 nitrogen and oxygen atoms in total. The first-order valence-corrected chi connectivity index (χ1v) is 8.68. The minimum atomic E-state index is -4.43. The van der Waals surface area contributed by atoms with Crippen LogP contribution in [0.1, 0.15) is 26.3 Å². The maximum Gasteiger partial charge on any atom is 0.516 e. The number of likely N-dealkylation sites (N-methyl/N-ethyl adjacent to an activating group) is 1. The minimum absolute atomic E-state index is 0.131. The van der Waals surface area contributed by atoms with Gasteiger partial charge in [0.05, 0.1) is 25.7 Å². The van der Waals surface area contributed by atoms with E-state index in [-0.39, 0.29) is 22.1 Å². The number of quaternary nitrogens is 1. The Hall–Kier alpha value is -2.29. The molecule has 0 bridgehead atoms. The van der Waals surface area contributed by atoms with Crippen LogP contribution in [0.4, 0.5) is 24.0 Å². The lowest BCUT2D eigenvalue weighted by Crippen LogP contribution is -2.61. The van der Waals surface area contributed by atoms with Gasteiger partial charge in [0.1, 0.15) is 24.2 Å². The average Bonchev–Trinajstić information content (AvgIpc) is 2.96. The van der Waals surface area contributed by atoms with E-state index in [1.165, 1.54) is 6.07 Å². The highest BCUT2D eigenvalue weighted by Crippen LogP contribution is 2.33. The molecule has 0 atom stereocenters. The molecule has 0 unspecified atom stereocenters. The van der Waals surface area contributed by atoms with Crippen molar-refractivity contribution in [2.24, 2.45) is 0 Å². The van der Waals surface area contributed by atoms with Crippen LogP contribution in [0.5, 0.6) is 0 Å². The van der Waals surface area contributed by atoms with Gasteiger partial charge in [0.25, 0.3) is 6.01 Å². The highest BCUT2D eigenvalue weighted by Gasteiger charge is 2.41. The molecule has 0 radical (unpaired) electrons. The first kappa shape index (κ1) is 19.5. The Kier molecular flexibility index (Phi) is 4.62. The number of anilines is 1. The molecule has 3 rings (SSSR count). The third-order valence-electron chi connectivity index (χ3n) is 4.54. The summed E-state index contributed by atoms with van der Waals surface area (Å²) in [6.45, 7) is 7.40. The van der Waals surface area contributed by atoms with Crippen LogP contribution in [0.2, 0.25) is 0 Å². The van der Waals surface area contributed by atoms with Gasteiger partial charge >= 0.3 is 12.3 Å². The number of nitrogens with zero attached hydrogens (tertiary/aromatic N) is 3. The maximum absolute atomic E-state index is 12.8. The van der Waals surface area contributed by atoms with Gasteiger partial charge in [-0.15, -0.1) is 0 Å². The molecular formula is C18H23F3N3O3+. The van der Waals surface area contributed by atoms with Crippen LogP contribution in [-0.2, 0) is 10.9 Å². The minimum Gasteiger partial charge on any atom is -0.423 e. The van der Waals surface area contributed by atoms with Gasteiger partial charge in [-0.1, -0.05) is 0 Å². The van der Waals surface area contributed by atoms with E-state index < -0.39 is 17.3 Å². The third kappa shape index (κ3) is 4.18. The Morgan fingerprint density at radius 2 is 1.85 bits per heavy atom. The van der Waals surface area contributed by atoms with Crippen molar-refractivity contribution in [3.8, 4) is 0 Å². The summed E-state index contributed by atoms with van der Waals surface area (Å²) in [4.78, 5) is 18.5. The molecule has 148 valence electrons. The second-order valence-electron chi connectivity index (χ2n) is 7.99. The molecule has 0 spiro atoms. The van der Waals surface area contributed by atoms with Gasteiger partial charge in [-0.05, 0) is 39.0 Å². The predicted octanol–water partition coefficient (Wildman–Crippen LogP) is 4.05. The number of benzene rings is 1. The number of ether oxygens (including phenoxy) is 1. The van der Waals surface area contributed by atoms with Crippen molar-refractivity contribution in [1.29, 1.82) is 0 Å². The van der Waals surface area contributed by atoms with Crippen LogP contribution in [0.3, 0.4) is 0 Å². The molecule has 1 aromatic heterocycles. The van der Waals surface area contributed by atoms with Gasteiger partial charge in [-0.25, -0.2) is 4.48 Å². The Bertz CT molecular complexity index is 847. The van der Waals surface area contributed by atoms with E-state index >= 15 is 0 Å². The van der Waals surface area contributed by atoms with E-state index in [4.69, 9.17) is 9.15 Å². The number of rotatable bonds is 1. The largest absolute Gasteiger partial charge is 0.516 e. The van der Waals surface area contributed by atoms with Gasteiger partial charge < -0.3 is 14.1 Å². The molecule has 2 heterocycles. The van der Waals surface area contributed by atoms with Crippen molar-refractivity contribution in [2.75, 3.05) is 38.1 Å². The smallest absolute Gasteiger partial charge is 0.423 e. The van der Waals surface area contributed by atoms with E-state index in [0.29, 0.717) is 31.8 Å². The monoisotopic (exact) mass is 386 g/mol. The molecule has 1 amide bonds. The van der Waals surface area contributed by atoms with Crippen molar-refractivity contribution in [3.63, 3.8) is 0 Å². The fraction of sp³-hybridized carbons (Fsp3) is 0.556. The average molecular weight is 386 g/mol. The number of alkyl halides is 3. The van der Waals surface area contributed by atoms with Gasteiger partial charge in [0, 0.05) is 0 Å². The quantitative estimate of drug-likeness (QED) is 0.692. The number of hydrogen-bond donors (Lipinski definition) is 0. The SMILES string of the molecule is CC(C)(C)OC(=O)[N+]1(C)CCN(c2nc3cc(C(F)(F)F)ccc3o2)CC1. The van der Waals surface area contributed by atoms with Crippen molar-refractivity contribution in [2.45, 2.75) is 32.5 Å². The standard InChI is InChI=1S/C18H23F3N3O3/c1-17(2,3)27-16(25)24(4)9-7-23(8-10-24)15-22-13-11-12(18(19,20)21)5-6-14(13)26-15/h5-6,11H,7-10H2,1-4H3/q+1. The number of fused-ring (bicyclic) bond motifs is 1. The molecule has 1 aromatic carbocycles. The Morgan fingerprint density at radius 3 is 2.41 bits per heavy atom. The molecule has 1 saturated heterocycles. The number of hydrogen-bond acceptors (Lipinski definition) is 5. The summed E-state index contributed by atoms with van der Waals surface area (Å²) in [5, 5.41) is 0. The molecule has 0 aliphatic carbocycles. The Labute approximate surface area is 155 Å². The van der Waals surface area contributed by atoms with Crippen LogP contribution < -0.4 is 4.90 Å². The summed E-state index contributed by atoms with van der Waals surface area (Å²) in [7, 11) is 1.81. The summed E-state index contributed by atoms with van der Waals surface area (Å²) in [5.41, 5.74) is -0.864. The second-order valence-corrected chi connectivity index (χ2v) is 7.99. The second kappa shape index (κ2) is 6.40. The first-order chi connectivity index (χ1) is 12.4. The highest BCUT2D eigenvalue weighted by molar-refractivity contribution is 5.75. The molecule has 9 heteroatoms. The van der Waals surface area contributed by atoms with Crippen LogP contribution >= 0.6 is 0 Å². The summed E-state index contributed by atoms with van der Waals surface area (Å²) in [6.07, 6.45) is -4.72. The molecule has 0 saturated carbocycles. The Morgan fingerprint density at radius 1 is 1.22 bits per heavy atom. The molecule has 2 aromatic rings. The number of carbonyl (C=O) groups is 1. The molecule has 27 heavy (non-hydrogen) atoms. The van der Waals surface area contributed by atoms with E-state index in [9.17, 15) is 18.0 Å². The summed E-state index contributed by atoms with van der Waals surface area (Å²) < 4.78 is 49.7. The number of carbonyl (C=O) groups excluding carboxylic acids is 1. The van der Waals surface area contributed by atoms with Crippen LogP contribution in [0, 0.1) is 0 Å². The molecule has 1 aliphatic rings. The molecule has 1 aliphatic heterocycles. The zero-order valence-electron chi connectivity index (χ0n) is 15.8. The van der Waals surface area contributed by atoms with Crippen LogP contribution in [0.25, 0.3) is 11.1 Å².